The van der Waals surface area contributed by atoms with Crippen LogP contribution in [0.15, 0.2) is 23.1 Å². The van der Waals surface area contributed by atoms with Crippen LogP contribution in [-0.4, -0.2) is 46.1 Å². The van der Waals surface area contributed by atoms with Gasteiger partial charge < -0.3 is 24.6 Å². The molecule has 11 heteroatoms. The number of benzene rings is 1. The molecule has 0 spiro atoms. The number of terminal acetylenes is 1. The number of aromatic nitrogens is 1. The number of rotatable bonds is 5. The highest BCUT2D eigenvalue weighted by molar-refractivity contribution is 5.99. The van der Waals surface area contributed by atoms with E-state index in [-0.39, 0.29) is 18.8 Å². The first-order chi connectivity index (χ1) is 14.6. The van der Waals surface area contributed by atoms with Crippen LogP contribution in [0, 0.1) is 30.0 Å². The van der Waals surface area contributed by atoms with Crippen molar-refractivity contribution in [2.75, 3.05) is 13.7 Å². The maximum absolute atomic E-state index is 13.8. The molecule has 2 N–H and O–H groups in total. The molecule has 0 bridgehead atoms. The largest absolute Gasteiger partial charge is 0.503 e. The number of likely N-dealkylation sites (N-methyl/N-ethyl adjacent to an activating group) is 1. The van der Waals surface area contributed by atoms with Gasteiger partial charge in [-0.15, -0.1) is 0 Å². The molecular formula is C20H16F3N3O5. The van der Waals surface area contributed by atoms with Crippen molar-refractivity contribution in [3.05, 3.63) is 62.8 Å². The lowest BCUT2D eigenvalue weighted by Crippen LogP contribution is -2.49. The summed E-state index contributed by atoms with van der Waals surface area (Å²) in [5, 5.41) is 12.4. The molecule has 0 unspecified atom stereocenters. The zero-order valence-electron chi connectivity index (χ0n) is 16.1. The Morgan fingerprint density at radius 1 is 1.32 bits per heavy atom. The third-order valence-corrected chi connectivity index (χ3v) is 4.87. The fourth-order valence-electron chi connectivity index (χ4n) is 3.18. The van der Waals surface area contributed by atoms with Gasteiger partial charge in [0.15, 0.2) is 11.4 Å². The molecule has 1 aromatic heterocycles. The third kappa shape index (κ3) is 4.05. The van der Waals surface area contributed by atoms with Gasteiger partial charge in [-0.05, 0) is 0 Å². The minimum Gasteiger partial charge on any atom is -0.503 e. The van der Waals surface area contributed by atoms with Crippen LogP contribution < -0.4 is 10.7 Å². The van der Waals surface area contributed by atoms with Crippen molar-refractivity contribution in [1.82, 2.24) is 14.8 Å². The topological polar surface area (TPSA) is 101 Å². The Labute approximate surface area is 173 Å². The number of hydrogen-bond donors (Lipinski definition) is 2. The van der Waals surface area contributed by atoms with Crippen molar-refractivity contribution in [2.24, 2.45) is 0 Å². The molecule has 0 aliphatic carbocycles. The second kappa shape index (κ2) is 8.43. The van der Waals surface area contributed by atoms with Crippen molar-refractivity contribution < 1.29 is 32.6 Å². The summed E-state index contributed by atoms with van der Waals surface area (Å²) in [5.74, 6) is -6.24. The van der Waals surface area contributed by atoms with Gasteiger partial charge >= 0.3 is 0 Å². The van der Waals surface area contributed by atoms with E-state index in [4.69, 9.17) is 11.2 Å². The molecule has 1 atom stereocenters. The summed E-state index contributed by atoms with van der Waals surface area (Å²) in [6.45, 7) is -0.663. The Balaban J connectivity index is 1.90. The van der Waals surface area contributed by atoms with Gasteiger partial charge in [-0.3, -0.25) is 14.4 Å². The van der Waals surface area contributed by atoms with Crippen molar-refractivity contribution in [3.8, 4) is 18.3 Å². The number of halogens is 3. The van der Waals surface area contributed by atoms with E-state index in [0.717, 1.165) is 6.20 Å². The number of carbonyl (C=O) groups is 2. The van der Waals surface area contributed by atoms with E-state index in [0.29, 0.717) is 12.1 Å². The number of carbonyl (C=O) groups excluding carboxylic acids is 2. The average Bonchev–Trinajstić information content (AvgIpc) is 2.70. The van der Waals surface area contributed by atoms with Gasteiger partial charge in [0.05, 0.1) is 6.04 Å². The second-order valence-corrected chi connectivity index (χ2v) is 6.75. The maximum Gasteiger partial charge on any atom is 0.274 e. The molecule has 2 aromatic rings. The van der Waals surface area contributed by atoms with E-state index in [1.165, 1.54) is 16.5 Å². The van der Waals surface area contributed by atoms with Crippen LogP contribution in [0.2, 0.25) is 0 Å². The van der Waals surface area contributed by atoms with Gasteiger partial charge in [0.1, 0.15) is 35.7 Å². The Kier molecular flexibility index (Phi) is 5.92. The summed E-state index contributed by atoms with van der Waals surface area (Å²) in [7, 11) is 1.44. The highest BCUT2D eigenvalue weighted by Gasteiger charge is 2.34. The van der Waals surface area contributed by atoms with E-state index >= 15 is 0 Å². The minimum atomic E-state index is -1.22. The highest BCUT2D eigenvalue weighted by Crippen LogP contribution is 2.23. The quantitative estimate of drug-likeness (QED) is 0.682. The Morgan fingerprint density at radius 2 is 1.97 bits per heavy atom. The van der Waals surface area contributed by atoms with Crippen LogP contribution in [0.4, 0.5) is 13.2 Å². The standard InChI is InChI=1S/C20H16F3N3O5/c1-3-31-9-11-7-26-8-13(17(27)18(28)16(26)20(30)25(11)2)19(29)24-6-12-14(22)4-10(21)5-15(12)23/h1,4-5,8,11,28H,6-7,9H2,2H3,(H,24,29)/t11-/m0/s1. The predicted octanol–water partition coefficient (Wildman–Crippen LogP) is 0.963. The monoisotopic (exact) mass is 435 g/mol. The lowest BCUT2D eigenvalue weighted by Gasteiger charge is -2.34. The van der Waals surface area contributed by atoms with Crippen molar-refractivity contribution in [3.63, 3.8) is 0 Å². The third-order valence-electron chi connectivity index (χ3n) is 4.87. The Bertz CT molecular complexity index is 1150. The summed E-state index contributed by atoms with van der Waals surface area (Å²) in [6.07, 6.45) is 8.08. The first-order valence-electron chi connectivity index (χ1n) is 8.88. The fourth-order valence-corrected chi connectivity index (χ4v) is 3.18. The van der Waals surface area contributed by atoms with Crippen LogP contribution >= 0.6 is 0 Å². The van der Waals surface area contributed by atoms with E-state index in [1.54, 1.807) is 0 Å². The van der Waals surface area contributed by atoms with Gasteiger partial charge in [-0.2, -0.15) is 0 Å². The first-order valence-corrected chi connectivity index (χ1v) is 8.88. The fraction of sp³-hybridized carbons (Fsp3) is 0.250. The van der Waals surface area contributed by atoms with Crippen LogP contribution in [-0.2, 0) is 17.8 Å². The summed E-state index contributed by atoms with van der Waals surface area (Å²) in [6, 6.07) is 0.353. The number of pyridine rings is 1. The molecule has 0 radical (unpaired) electrons. The number of fused-ring (bicyclic) bond motifs is 1. The van der Waals surface area contributed by atoms with Crippen LogP contribution in [0.1, 0.15) is 26.4 Å². The molecule has 2 amide bonds. The van der Waals surface area contributed by atoms with Crippen molar-refractivity contribution in [1.29, 1.82) is 0 Å². The van der Waals surface area contributed by atoms with Crippen LogP contribution in [0.5, 0.6) is 5.75 Å². The molecule has 1 aliphatic heterocycles. The minimum absolute atomic E-state index is 0.0320. The van der Waals surface area contributed by atoms with Gasteiger partial charge in [-0.1, -0.05) is 6.42 Å². The zero-order chi connectivity index (χ0) is 22.9. The Morgan fingerprint density at radius 3 is 2.58 bits per heavy atom. The Hall–Kier alpha value is -3.94. The van der Waals surface area contributed by atoms with Gasteiger partial charge in [0.25, 0.3) is 11.8 Å². The van der Waals surface area contributed by atoms with Gasteiger partial charge in [0, 0.05) is 44.0 Å². The van der Waals surface area contributed by atoms with E-state index in [1.807, 2.05) is 6.11 Å². The molecule has 2 heterocycles. The molecule has 0 fully saturated rings. The molecule has 1 aromatic carbocycles. The molecule has 8 nitrogen and oxygen atoms in total. The number of nitrogens with zero attached hydrogens (tertiary/aromatic N) is 2. The SMILES string of the molecule is C#COC[C@@H]1Cn2cc(C(=O)NCc3c(F)cc(F)cc3F)c(=O)c(O)c2C(=O)N1C. The van der Waals surface area contributed by atoms with Crippen LogP contribution in [0.25, 0.3) is 0 Å². The number of nitrogens with one attached hydrogen (secondary N) is 1. The first kappa shape index (κ1) is 21.8. The second-order valence-electron chi connectivity index (χ2n) is 6.75. The molecule has 0 saturated heterocycles. The van der Waals surface area contributed by atoms with Crippen molar-refractivity contribution >= 4 is 11.8 Å². The van der Waals surface area contributed by atoms with Gasteiger partial charge in [0.2, 0.25) is 5.43 Å². The average molecular weight is 435 g/mol. The van der Waals surface area contributed by atoms with Crippen LogP contribution in [0.3, 0.4) is 0 Å². The number of aromatic hydroxyl groups is 1. The molecule has 162 valence electrons. The number of hydrogen-bond acceptors (Lipinski definition) is 5. The zero-order valence-corrected chi connectivity index (χ0v) is 16.1. The van der Waals surface area contributed by atoms with Crippen molar-refractivity contribution in [2.45, 2.75) is 19.1 Å². The highest BCUT2D eigenvalue weighted by atomic mass is 19.1. The number of amides is 2. The lowest BCUT2D eigenvalue weighted by molar-refractivity contribution is 0.0551. The van der Waals surface area contributed by atoms with Gasteiger partial charge in [-0.25, -0.2) is 13.2 Å². The lowest BCUT2D eigenvalue weighted by atomic mass is 10.1. The van der Waals surface area contributed by atoms with E-state index < -0.39 is 64.2 Å². The molecule has 31 heavy (non-hydrogen) atoms. The smallest absolute Gasteiger partial charge is 0.274 e. The maximum atomic E-state index is 13.8. The predicted molar refractivity (Wildman–Crippen MR) is 101 cm³/mol. The van der Waals surface area contributed by atoms with E-state index in [2.05, 4.69) is 5.32 Å². The number of ether oxygens (including phenoxy) is 1. The summed E-state index contributed by atoms with van der Waals surface area (Å²) >= 11 is 0. The normalized spacial score (nSPS) is 15.3. The summed E-state index contributed by atoms with van der Waals surface area (Å²) in [5.41, 5.74) is -2.63. The molecule has 0 saturated carbocycles. The molecular weight excluding hydrogens is 419 g/mol. The van der Waals surface area contributed by atoms with E-state index in [9.17, 15) is 32.7 Å². The summed E-state index contributed by atoms with van der Waals surface area (Å²) in [4.78, 5) is 38.7. The molecule has 1 aliphatic rings. The summed E-state index contributed by atoms with van der Waals surface area (Å²) < 4.78 is 46.6. The molecule has 3 rings (SSSR count).